The fourth-order valence-corrected chi connectivity index (χ4v) is 3.04. The van der Waals surface area contributed by atoms with Crippen LogP contribution in [-0.4, -0.2) is 33.4 Å². The summed E-state index contributed by atoms with van der Waals surface area (Å²) in [6.07, 6.45) is 0. The molecule has 0 aliphatic heterocycles. The number of hydrogen-bond donors (Lipinski definition) is 3. The Morgan fingerprint density at radius 2 is 1.70 bits per heavy atom. The molecule has 0 aliphatic carbocycles. The normalized spacial score (nSPS) is 11.8. The van der Waals surface area contributed by atoms with Crippen molar-refractivity contribution >= 4 is 33.3 Å². The Morgan fingerprint density at radius 1 is 1.19 bits per heavy atom. The van der Waals surface area contributed by atoms with Gasteiger partial charge in [-0.05, 0) is 44.0 Å². The molecule has 0 radical (unpaired) electrons. The number of rotatable bonds is 9. The first kappa shape index (κ1) is 22.7. The van der Waals surface area contributed by atoms with Gasteiger partial charge in [0.1, 0.15) is 6.61 Å². The molecule has 0 atom stereocenters. The topological polar surface area (TPSA) is 128 Å². The van der Waals surface area contributed by atoms with Crippen LogP contribution in [0.4, 0.5) is 11.4 Å². The minimum Gasteiger partial charge on any atom is -0.464 e. The first-order valence-electron chi connectivity index (χ1n) is 8.38. The van der Waals surface area contributed by atoms with E-state index in [2.05, 4.69) is 16.6 Å². The number of carbonyl (C=O) groups is 2. The summed E-state index contributed by atoms with van der Waals surface area (Å²) >= 11 is 0. The number of sulfonamides is 1. The van der Waals surface area contributed by atoms with E-state index >= 15 is 0 Å². The van der Waals surface area contributed by atoms with Crippen molar-refractivity contribution in [2.75, 3.05) is 23.2 Å². The molecular formula is C18H27N3O5S. The third-order valence-electron chi connectivity index (χ3n) is 3.76. The molecule has 1 rings (SSSR count). The molecule has 0 aromatic heterocycles. The molecule has 0 fully saturated rings. The lowest BCUT2D eigenvalue weighted by Crippen LogP contribution is -2.36. The molecule has 1 aromatic rings. The van der Waals surface area contributed by atoms with Crippen LogP contribution in [0.5, 0.6) is 0 Å². The summed E-state index contributed by atoms with van der Waals surface area (Å²) in [4.78, 5) is 23.6. The number of carbonyl (C=O) groups excluding carboxylic acids is 2. The summed E-state index contributed by atoms with van der Waals surface area (Å²) in [5.74, 6) is -1.15. The molecule has 150 valence electrons. The summed E-state index contributed by atoms with van der Waals surface area (Å²) in [5.41, 5.74) is 5.04. The zero-order chi connectivity index (χ0) is 20.8. The number of benzene rings is 1. The molecule has 0 bridgehead atoms. The molecule has 0 aliphatic rings. The van der Waals surface area contributed by atoms with Gasteiger partial charge in [-0.1, -0.05) is 20.4 Å². The van der Waals surface area contributed by atoms with E-state index in [1.807, 2.05) is 0 Å². The molecule has 0 spiro atoms. The first-order valence-corrected chi connectivity index (χ1v) is 9.86. The van der Waals surface area contributed by atoms with Gasteiger partial charge in [0.05, 0.1) is 16.9 Å². The lowest BCUT2D eigenvalue weighted by molar-refractivity contribution is -0.146. The van der Waals surface area contributed by atoms with Gasteiger partial charge in [0.15, 0.2) is 0 Å². The first-order chi connectivity index (χ1) is 12.4. The smallest absolute Gasteiger partial charge is 0.319 e. The molecule has 0 heterocycles. The number of nitrogens with one attached hydrogen (secondary N) is 2. The molecule has 1 aromatic carbocycles. The number of esters is 1. The van der Waals surface area contributed by atoms with E-state index in [-0.39, 0.29) is 29.9 Å². The minimum absolute atomic E-state index is 0.0913. The second-order valence-electron chi connectivity index (χ2n) is 7.01. The van der Waals surface area contributed by atoms with Crippen LogP contribution in [-0.2, 0) is 24.3 Å². The summed E-state index contributed by atoms with van der Waals surface area (Å²) in [6.45, 7) is 9.98. The van der Waals surface area contributed by atoms with Crippen molar-refractivity contribution in [2.24, 2.45) is 17.1 Å². The zero-order valence-corrected chi connectivity index (χ0v) is 16.9. The third-order valence-corrected chi connectivity index (χ3v) is 5.43. The molecule has 4 N–H and O–H groups in total. The Bertz CT molecular complexity index is 799. The SMILES string of the molecule is C=C(C(C)C)S(=O)(=O)Nc1ccc(NC(=O)C(C)(C)COC(=O)CN)cc1. The lowest BCUT2D eigenvalue weighted by atomic mass is 9.93. The van der Waals surface area contributed by atoms with Gasteiger partial charge in [-0.3, -0.25) is 14.3 Å². The van der Waals surface area contributed by atoms with Gasteiger partial charge in [-0.25, -0.2) is 8.42 Å². The Morgan fingerprint density at radius 3 is 2.19 bits per heavy atom. The van der Waals surface area contributed by atoms with Crippen molar-refractivity contribution < 1.29 is 22.7 Å². The van der Waals surface area contributed by atoms with E-state index in [4.69, 9.17) is 10.5 Å². The Kier molecular flexibility index (Phi) is 7.55. The summed E-state index contributed by atoms with van der Waals surface area (Å²) in [5, 5.41) is 2.70. The molecule has 9 heteroatoms. The Labute approximate surface area is 160 Å². The van der Waals surface area contributed by atoms with Gasteiger partial charge in [0, 0.05) is 11.4 Å². The fraction of sp³-hybridized carbons (Fsp3) is 0.444. The van der Waals surface area contributed by atoms with Crippen molar-refractivity contribution in [1.82, 2.24) is 0 Å². The molecular weight excluding hydrogens is 370 g/mol. The Balaban J connectivity index is 2.75. The van der Waals surface area contributed by atoms with Crippen LogP contribution in [0.3, 0.4) is 0 Å². The third kappa shape index (κ3) is 6.69. The van der Waals surface area contributed by atoms with E-state index in [9.17, 15) is 18.0 Å². The van der Waals surface area contributed by atoms with E-state index in [1.165, 1.54) is 12.1 Å². The maximum Gasteiger partial charge on any atom is 0.319 e. The highest BCUT2D eigenvalue weighted by Crippen LogP contribution is 2.22. The lowest BCUT2D eigenvalue weighted by Gasteiger charge is -2.23. The van der Waals surface area contributed by atoms with E-state index in [0.29, 0.717) is 11.4 Å². The molecule has 27 heavy (non-hydrogen) atoms. The van der Waals surface area contributed by atoms with Crippen molar-refractivity contribution in [3.63, 3.8) is 0 Å². The van der Waals surface area contributed by atoms with Crippen LogP contribution >= 0.6 is 0 Å². The molecule has 0 saturated heterocycles. The van der Waals surface area contributed by atoms with E-state index in [0.717, 1.165) is 0 Å². The average Bonchev–Trinajstić information content (AvgIpc) is 2.60. The summed E-state index contributed by atoms with van der Waals surface area (Å²) in [7, 11) is -3.68. The van der Waals surface area contributed by atoms with Gasteiger partial charge in [0.25, 0.3) is 10.0 Å². The van der Waals surface area contributed by atoms with Crippen molar-refractivity contribution in [1.29, 1.82) is 0 Å². The standard InChI is InChI=1S/C18H27N3O5S/c1-12(2)13(3)27(24,25)21-15-8-6-14(7-9-15)20-17(23)18(4,5)11-26-16(22)10-19/h6-9,12,21H,3,10-11,19H2,1-2,4-5H3,(H,20,23). The summed E-state index contributed by atoms with van der Waals surface area (Å²) in [6, 6.07) is 6.19. The fourth-order valence-electron chi connectivity index (χ4n) is 1.84. The van der Waals surface area contributed by atoms with Gasteiger partial charge in [-0.15, -0.1) is 0 Å². The maximum atomic E-state index is 12.4. The van der Waals surface area contributed by atoms with Crippen LogP contribution in [0.25, 0.3) is 0 Å². The van der Waals surface area contributed by atoms with Crippen molar-refractivity contribution in [2.45, 2.75) is 27.7 Å². The predicted molar refractivity (Wildman–Crippen MR) is 105 cm³/mol. The number of nitrogens with two attached hydrogens (primary N) is 1. The van der Waals surface area contributed by atoms with Crippen molar-refractivity contribution in [3.8, 4) is 0 Å². The minimum atomic E-state index is -3.68. The highest BCUT2D eigenvalue weighted by molar-refractivity contribution is 7.96. The molecule has 8 nitrogen and oxygen atoms in total. The number of amides is 1. The largest absolute Gasteiger partial charge is 0.464 e. The van der Waals surface area contributed by atoms with Gasteiger partial charge in [0.2, 0.25) is 5.91 Å². The van der Waals surface area contributed by atoms with Crippen LogP contribution in [0, 0.1) is 11.3 Å². The predicted octanol–water partition coefficient (Wildman–Crippen LogP) is 2.06. The quantitative estimate of drug-likeness (QED) is 0.547. The number of hydrogen-bond acceptors (Lipinski definition) is 6. The highest BCUT2D eigenvalue weighted by atomic mass is 32.2. The van der Waals surface area contributed by atoms with Gasteiger partial charge in [-0.2, -0.15) is 0 Å². The van der Waals surface area contributed by atoms with Gasteiger partial charge < -0.3 is 15.8 Å². The highest BCUT2D eigenvalue weighted by Gasteiger charge is 2.29. The number of ether oxygens (including phenoxy) is 1. The average molecular weight is 397 g/mol. The van der Waals surface area contributed by atoms with Crippen molar-refractivity contribution in [3.05, 3.63) is 35.7 Å². The van der Waals surface area contributed by atoms with Crippen LogP contribution < -0.4 is 15.8 Å². The molecule has 0 unspecified atom stereocenters. The van der Waals surface area contributed by atoms with Crippen LogP contribution in [0.1, 0.15) is 27.7 Å². The second-order valence-corrected chi connectivity index (χ2v) is 8.74. The number of anilines is 2. The van der Waals surface area contributed by atoms with Gasteiger partial charge >= 0.3 is 5.97 Å². The van der Waals surface area contributed by atoms with Crippen LogP contribution in [0.15, 0.2) is 35.7 Å². The number of allylic oxidation sites excluding steroid dienone is 1. The van der Waals surface area contributed by atoms with Crippen LogP contribution in [0.2, 0.25) is 0 Å². The second kappa shape index (κ2) is 9.01. The molecule has 1 amide bonds. The monoisotopic (exact) mass is 397 g/mol. The molecule has 0 saturated carbocycles. The van der Waals surface area contributed by atoms with E-state index in [1.54, 1.807) is 39.8 Å². The maximum absolute atomic E-state index is 12.4. The summed E-state index contributed by atoms with van der Waals surface area (Å²) < 4.78 is 31.7. The Hall–Kier alpha value is -2.39. The zero-order valence-electron chi connectivity index (χ0n) is 16.0. The van der Waals surface area contributed by atoms with E-state index < -0.39 is 21.4 Å².